The van der Waals surface area contributed by atoms with E-state index in [4.69, 9.17) is 14.0 Å². The Labute approximate surface area is 151 Å². The van der Waals surface area contributed by atoms with Crippen molar-refractivity contribution >= 4 is 6.09 Å². The summed E-state index contributed by atoms with van der Waals surface area (Å²) in [6, 6.07) is 3.65. The van der Waals surface area contributed by atoms with Crippen LogP contribution in [0.15, 0.2) is 23.0 Å². The van der Waals surface area contributed by atoms with E-state index in [-0.39, 0.29) is 5.88 Å². The van der Waals surface area contributed by atoms with Crippen molar-refractivity contribution in [2.75, 3.05) is 6.61 Å². The van der Waals surface area contributed by atoms with E-state index in [0.717, 1.165) is 18.4 Å². The normalized spacial score (nSPS) is 17.0. The molecule has 2 fully saturated rings. The highest BCUT2D eigenvalue weighted by Gasteiger charge is 2.31. The fourth-order valence-electron chi connectivity index (χ4n) is 2.67. The third kappa shape index (κ3) is 3.95. The van der Waals surface area contributed by atoms with Gasteiger partial charge < -0.3 is 19.3 Å². The van der Waals surface area contributed by atoms with Crippen molar-refractivity contribution in [3.63, 3.8) is 0 Å². The Bertz CT molecular complexity index is 782. The second-order valence-corrected chi connectivity index (χ2v) is 7.47. The van der Waals surface area contributed by atoms with E-state index in [1.54, 1.807) is 19.9 Å². The molecule has 2 saturated carbocycles. The fraction of sp³-hybridized carbons (Fsp3) is 0.556. The monoisotopic (exact) mass is 358 g/mol. The van der Waals surface area contributed by atoms with Crippen molar-refractivity contribution in [3.05, 3.63) is 29.9 Å². The van der Waals surface area contributed by atoms with Gasteiger partial charge in [0.2, 0.25) is 18.2 Å². The van der Waals surface area contributed by atoms with Crippen LogP contribution >= 0.6 is 0 Å². The second-order valence-electron chi connectivity index (χ2n) is 7.47. The Kier molecular flexibility index (Phi) is 4.26. The third-order valence-electron chi connectivity index (χ3n) is 4.57. The summed E-state index contributed by atoms with van der Waals surface area (Å²) in [6.45, 7) is 4.19. The van der Waals surface area contributed by atoms with Crippen LogP contribution in [-0.2, 0) is 5.54 Å². The maximum Gasteiger partial charge on any atom is 0.414 e. The topological polar surface area (TPSA) is 99.4 Å². The molecule has 26 heavy (non-hydrogen) atoms. The van der Waals surface area contributed by atoms with Crippen LogP contribution in [0.25, 0.3) is 0 Å². The molecule has 0 spiro atoms. The summed E-state index contributed by atoms with van der Waals surface area (Å²) in [6.07, 6.45) is 5.30. The number of pyridine rings is 1. The Morgan fingerprint density at radius 2 is 2.12 bits per heavy atom. The van der Waals surface area contributed by atoms with Gasteiger partial charge in [-0.3, -0.25) is 0 Å². The number of nitrogens with one attached hydrogen (secondary N) is 1. The summed E-state index contributed by atoms with van der Waals surface area (Å²) in [4.78, 5) is 20.6. The summed E-state index contributed by atoms with van der Waals surface area (Å²) in [5.74, 6) is 2.30. The van der Waals surface area contributed by atoms with Gasteiger partial charge >= 0.3 is 6.09 Å². The lowest BCUT2D eigenvalue weighted by molar-refractivity contribution is 0.183. The molecule has 0 bridgehead atoms. The molecule has 0 aromatic carbocycles. The zero-order chi connectivity index (χ0) is 18.1. The molecule has 0 unspecified atom stereocenters. The highest BCUT2D eigenvalue weighted by atomic mass is 16.6. The number of ether oxygens (including phenoxy) is 2. The van der Waals surface area contributed by atoms with E-state index in [0.29, 0.717) is 30.1 Å². The molecule has 0 aliphatic heterocycles. The molecule has 2 aromatic heterocycles. The third-order valence-corrected chi connectivity index (χ3v) is 4.57. The lowest BCUT2D eigenvalue weighted by atomic mass is 10.1. The van der Waals surface area contributed by atoms with E-state index < -0.39 is 11.6 Å². The Morgan fingerprint density at radius 1 is 1.31 bits per heavy atom. The number of rotatable bonds is 7. The Hall–Kier alpha value is -2.64. The van der Waals surface area contributed by atoms with Crippen LogP contribution in [0, 0.1) is 5.92 Å². The fourth-order valence-corrected chi connectivity index (χ4v) is 2.67. The highest BCUT2D eigenvalue weighted by Crippen LogP contribution is 2.44. The van der Waals surface area contributed by atoms with Crippen LogP contribution in [-0.4, -0.2) is 27.8 Å². The molecule has 1 amide bonds. The van der Waals surface area contributed by atoms with Crippen LogP contribution in [0.1, 0.15) is 56.8 Å². The zero-order valence-electron chi connectivity index (χ0n) is 14.9. The van der Waals surface area contributed by atoms with Gasteiger partial charge in [0.15, 0.2) is 5.82 Å². The highest BCUT2D eigenvalue weighted by molar-refractivity contribution is 5.71. The van der Waals surface area contributed by atoms with E-state index in [1.807, 2.05) is 6.07 Å². The first-order valence-electron chi connectivity index (χ1n) is 8.92. The molecule has 2 aromatic rings. The largest absolute Gasteiger partial charge is 0.477 e. The molecule has 138 valence electrons. The van der Waals surface area contributed by atoms with Crippen LogP contribution in [0.4, 0.5) is 4.79 Å². The van der Waals surface area contributed by atoms with Crippen LogP contribution in [0.5, 0.6) is 11.8 Å². The number of nitrogens with zero attached hydrogens (tertiary/aromatic N) is 3. The number of carbonyl (C=O) groups excluding carboxylic acids is 1. The van der Waals surface area contributed by atoms with Gasteiger partial charge in [-0.15, -0.1) is 0 Å². The average molecular weight is 358 g/mol. The summed E-state index contributed by atoms with van der Waals surface area (Å²) in [7, 11) is 0. The van der Waals surface area contributed by atoms with E-state index >= 15 is 0 Å². The standard InChI is InChI=1S/C18H22N4O4/c1-18(2,16-19-10-25-22-16)21-17(23)26-14-8-7-13(12-5-6-12)15(20-14)24-9-11-3-4-11/h7-8,10-12H,3-6,9H2,1-2H3,(H,21,23). The predicted molar refractivity (Wildman–Crippen MR) is 90.9 cm³/mol. The van der Waals surface area contributed by atoms with Gasteiger partial charge in [0.1, 0.15) is 5.54 Å². The van der Waals surface area contributed by atoms with E-state index in [9.17, 15) is 4.79 Å². The maximum absolute atomic E-state index is 12.2. The molecular weight excluding hydrogens is 336 g/mol. The van der Waals surface area contributed by atoms with Crippen molar-refractivity contribution in [2.24, 2.45) is 5.92 Å². The lowest BCUT2D eigenvalue weighted by Gasteiger charge is -2.21. The van der Waals surface area contributed by atoms with E-state index in [2.05, 4.69) is 20.4 Å². The summed E-state index contributed by atoms with van der Waals surface area (Å²) in [5, 5.41) is 6.46. The van der Waals surface area contributed by atoms with Gasteiger partial charge in [-0.1, -0.05) is 5.16 Å². The summed E-state index contributed by atoms with van der Waals surface area (Å²) < 4.78 is 16.0. The van der Waals surface area contributed by atoms with Crippen LogP contribution < -0.4 is 14.8 Å². The van der Waals surface area contributed by atoms with Gasteiger partial charge in [-0.25, -0.2) is 4.79 Å². The molecule has 2 aliphatic rings. The van der Waals surface area contributed by atoms with Gasteiger partial charge in [-0.05, 0) is 57.4 Å². The molecule has 0 atom stereocenters. The van der Waals surface area contributed by atoms with Crippen molar-refractivity contribution < 1.29 is 18.8 Å². The van der Waals surface area contributed by atoms with Crippen molar-refractivity contribution in [1.82, 2.24) is 20.4 Å². The molecule has 4 rings (SSSR count). The molecule has 0 radical (unpaired) electrons. The minimum absolute atomic E-state index is 0.210. The van der Waals surface area contributed by atoms with E-state index in [1.165, 1.54) is 19.2 Å². The minimum atomic E-state index is -0.830. The number of hydrogen-bond acceptors (Lipinski definition) is 7. The van der Waals surface area contributed by atoms with Crippen LogP contribution in [0.2, 0.25) is 0 Å². The van der Waals surface area contributed by atoms with Gasteiger partial charge in [0, 0.05) is 11.6 Å². The number of aromatic nitrogens is 3. The quantitative estimate of drug-likeness (QED) is 0.811. The predicted octanol–water partition coefficient (Wildman–Crippen LogP) is 3.15. The Balaban J connectivity index is 1.43. The molecule has 1 N–H and O–H groups in total. The average Bonchev–Trinajstić information content (AvgIpc) is 3.52. The van der Waals surface area contributed by atoms with Gasteiger partial charge in [0.25, 0.3) is 0 Å². The summed E-state index contributed by atoms with van der Waals surface area (Å²) >= 11 is 0. The van der Waals surface area contributed by atoms with Crippen molar-refractivity contribution in [2.45, 2.75) is 51.0 Å². The second kappa shape index (κ2) is 6.59. The summed E-state index contributed by atoms with van der Waals surface area (Å²) in [5.41, 5.74) is 0.272. The maximum atomic E-state index is 12.2. The number of amides is 1. The van der Waals surface area contributed by atoms with Crippen LogP contribution in [0.3, 0.4) is 0 Å². The number of hydrogen-bond donors (Lipinski definition) is 1. The molecule has 8 heteroatoms. The molecular formula is C18H22N4O4. The first-order chi connectivity index (χ1) is 12.5. The first kappa shape index (κ1) is 16.8. The van der Waals surface area contributed by atoms with Crippen molar-refractivity contribution in [1.29, 1.82) is 0 Å². The molecule has 2 aliphatic carbocycles. The van der Waals surface area contributed by atoms with Gasteiger partial charge in [0.05, 0.1) is 6.61 Å². The zero-order valence-corrected chi connectivity index (χ0v) is 14.9. The molecule has 0 saturated heterocycles. The van der Waals surface area contributed by atoms with Gasteiger partial charge in [-0.2, -0.15) is 9.97 Å². The molecule has 8 nitrogen and oxygen atoms in total. The molecule has 2 heterocycles. The SMILES string of the molecule is CC(C)(NC(=O)Oc1ccc(C2CC2)c(OCC2CC2)n1)c1ncon1. The number of carbonyl (C=O) groups is 1. The smallest absolute Gasteiger partial charge is 0.414 e. The lowest BCUT2D eigenvalue weighted by Crippen LogP contribution is -2.43. The van der Waals surface area contributed by atoms with Crippen molar-refractivity contribution in [3.8, 4) is 11.8 Å². The Morgan fingerprint density at radius 3 is 2.77 bits per heavy atom. The first-order valence-corrected chi connectivity index (χ1v) is 8.92. The minimum Gasteiger partial charge on any atom is -0.477 e.